The fourth-order valence-electron chi connectivity index (χ4n) is 3.21. The van der Waals surface area contributed by atoms with E-state index in [2.05, 4.69) is 31.3 Å². The highest BCUT2D eigenvalue weighted by atomic mass is 35.5. The molecule has 0 aromatic heterocycles. The number of amides is 4. The first-order valence-corrected chi connectivity index (χ1v) is 14.9. The van der Waals surface area contributed by atoms with E-state index in [1.165, 1.54) is 4.90 Å². The van der Waals surface area contributed by atoms with Crippen LogP contribution in [0.25, 0.3) is 0 Å². The Bertz CT molecular complexity index is 1010. The number of nitrogens with zero attached hydrogens (tertiary/aromatic N) is 3. The third-order valence-electron chi connectivity index (χ3n) is 5.11. The second-order valence-electron chi connectivity index (χ2n) is 13.1. The lowest BCUT2D eigenvalue weighted by atomic mass is 10.2. The van der Waals surface area contributed by atoms with Crippen molar-refractivity contribution < 1.29 is 33.4 Å². The minimum absolute atomic E-state index is 0.146. The van der Waals surface area contributed by atoms with Gasteiger partial charge in [0.05, 0.1) is 0 Å². The summed E-state index contributed by atoms with van der Waals surface area (Å²) in [6, 6.07) is 0. The number of hydrogen-bond acceptors (Lipinski definition) is 7. The molecule has 0 atom stereocenters. The van der Waals surface area contributed by atoms with Gasteiger partial charge in [0.1, 0.15) is 16.8 Å². The van der Waals surface area contributed by atoms with E-state index in [1.807, 2.05) is 0 Å². The number of hydrogen-bond donors (Lipinski definition) is 4. The van der Waals surface area contributed by atoms with Crippen LogP contribution in [0, 0.1) is 5.92 Å². The smallest absolute Gasteiger partial charge is 0.437 e. The SMILES string of the molecule is CC(C)(C)OC(=O)/N=C(/NCCCN(CCCN/C(=N\C(=O)OC(C)(C)C)NC(=O)OC(C)(C)C)C(=O)Cl)NCC1CC1. The molecule has 0 heterocycles. The molecule has 1 aliphatic rings. The summed E-state index contributed by atoms with van der Waals surface area (Å²) in [7, 11) is 0. The fourth-order valence-corrected chi connectivity index (χ4v) is 3.38. The molecule has 0 aromatic rings. The van der Waals surface area contributed by atoms with Gasteiger partial charge in [-0.15, -0.1) is 9.98 Å². The number of alkyl carbamates (subject to hydrolysis) is 1. The molecule has 0 saturated heterocycles. The number of carbonyl (C=O) groups excluding carboxylic acids is 4. The average Bonchev–Trinajstić information content (AvgIpc) is 3.61. The average molecular weight is 632 g/mol. The zero-order chi connectivity index (χ0) is 32.8. The zero-order valence-electron chi connectivity index (χ0n) is 27.0. The van der Waals surface area contributed by atoms with Crippen molar-refractivity contribution in [1.82, 2.24) is 26.2 Å². The van der Waals surface area contributed by atoms with Crippen molar-refractivity contribution in [2.45, 2.75) is 105 Å². The number of nitrogens with one attached hydrogen (secondary N) is 4. The fraction of sp³-hybridized carbons (Fsp3) is 0.786. The minimum atomic E-state index is -0.891. The van der Waals surface area contributed by atoms with Crippen molar-refractivity contribution in [3.05, 3.63) is 0 Å². The molecule has 246 valence electrons. The normalized spacial score (nSPS) is 14.4. The Kier molecular flexibility index (Phi) is 15.0. The van der Waals surface area contributed by atoms with Crippen LogP contribution in [-0.2, 0) is 14.2 Å². The molecular weight excluding hydrogens is 582 g/mol. The van der Waals surface area contributed by atoms with Gasteiger partial charge in [0.15, 0.2) is 0 Å². The van der Waals surface area contributed by atoms with Crippen molar-refractivity contribution in [2.75, 3.05) is 32.7 Å². The predicted octanol–water partition coefficient (Wildman–Crippen LogP) is 4.71. The van der Waals surface area contributed by atoms with E-state index in [0.29, 0.717) is 50.9 Å². The third-order valence-corrected chi connectivity index (χ3v) is 5.35. The number of rotatable bonds is 10. The molecule has 0 spiro atoms. The summed E-state index contributed by atoms with van der Waals surface area (Å²) in [5.74, 6) is 0.744. The molecule has 43 heavy (non-hydrogen) atoms. The predicted molar refractivity (Wildman–Crippen MR) is 165 cm³/mol. The van der Waals surface area contributed by atoms with Crippen molar-refractivity contribution in [3.8, 4) is 0 Å². The third kappa shape index (κ3) is 21.1. The molecule has 0 aliphatic heterocycles. The van der Waals surface area contributed by atoms with Crippen LogP contribution in [0.5, 0.6) is 0 Å². The standard InChI is InChI=1S/C28H50ClN7O7/c1-26(2,3)41-23(38)33-21(32-18-19-12-13-19)30-14-10-16-36(20(29)37)17-11-15-31-22(34-24(39)42-27(4,5)6)35-25(40)43-28(7,8)9/h19H,10-18H2,1-9H3,(H2,30,32,33,38)(H2,31,34,35,39,40). The van der Waals surface area contributed by atoms with E-state index in [4.69, 9.17) is 25.8 Å². The number of carbonyl (C=O) groups is 4. The van der Waals surface area contributed by atoms with Gasteiger partial charge in [-0.1, -0.05) is 0 Å². The van der Waals surface area contributed by atoms with Gasteiger partial charge in [0, 0.05) is 32.7 Å². The van der Waals surface area contributed by atoms with E-state index in [9.17, 15) is 19.2 Å². The summed E-state index contributed by atoms with van der Waals surface area (Å²) >= 11 is 5.80. The number of ether oxygens (including phenoxy) is 3. The van der Waals surface area contributed by atoms with Gasteiger partial charge in [-0.2, -0.15) is 0 Å². The Morgan fingerprint density at radius 1 is 0.721 bits per heavy atom. The van der Waals surface area contributed by atoms with Crippen LogP contribution in [0.4, 0.5) is 19.2 Å². The highest BCUT2D eigenvalue weighted by Gasteiger charge is 2.23. The molecule has 0 radical (unpaired) electrons. The van der Waals surface area contributed by atoms with E-state index in [1.54, 1.807) is 62.3 Å². The molecule has 15 heteroatoms. The molecule has 1 rings (SSSR count). The van der Waals surface area contributed by atoms with Crippen LogP contribution in [-0.4, -0.2) is 90.0 Å². The summed E-state index contributed by atoms with van der Waals surface area (Å²) in [5.41, 5.74) is -2.19. The largest absolute Gasteiger partial charge is 0.444 e. The van der Waals surface area contributed by atoms with Crippen LogP contribution in [0.3, 0.4) is 0 Å². The van der Waals surface area contributed by atoms with Gasteiger partial charge in [-0.3, -0.25) is 10.1 Å². The maximum absolute atomic E-state index is 12.2. The Hall–Kier alpha value is -3.29. The Morgan fingerprint density at radius 3 is 1.58 bits per heavy atom. The van der Waals surface area contributed by atoms with Crippen molar-refractivity contribution in [2.24, 2.45) is 15.9 Å². The lowest BCUT2D eigenvalue weighted by Gasteiger charge is -2.22. The number of aliphatic imine (C=N–C) groups is 2. The summed E-state index contributed by atoms with van der Waals surface area (Å²) in [5, 5.41) is 10.9. The first kappa shape index (κ1) is 37.7. The maximum atomic E-state index is 12.2. The van der Waals surface area contributed by atoms with Gasteiger partial charge in [0.25, 0.3) is 0 Å². The van der Waals surface area contributed by atoms with E-state index < -0.39 is 40.4 Å². The van der Waals surface area contributed by atoms with Crippen LogP contribution in [0.15, 0.2) is 9.98 Å². The molecule has 0 aromatic carbocycles. The van der Waals surface area contributed by atoms with E-state index in [-0.39, 0.29) is 12.5 Å². The van der Waals surface area contributed by atoms with Gasteiger partial charge in [-0.05, 0) is 106 Å². The molecule has 1 fully saturated rings. The number of halogens is 1. The van der Waals surface area contributed by atoms with Crippen LogP contribution in [0.1, 0.15) is 88.0 Å². The zero-order valence-corrected chi connectivity index (χ0v) is 27.8. The van der Waals surface area contributed by atoms with Gasteiger partial charge < -0.3 is 35.1 Å². The number of guanidine groups is 2. The second kappa shape index (κ2) is 17.1. The Morgan fingerprint density at radius 2 is 1.16 bits per heavy atom. The van der Waals surface area contributed by atoms with Crippen molar-refractivity contribution >= 4 is 47.2 Å². The van der Waals surface area contributed by atoms with Crippen molar-refractivity contribution in [1.29, 1.82) is 0 Å². The molecular formula is C28H50ClN7O7. The van der Waals surface area contributed by atoms with Crippen LogP contribution >= 0.6 is 11.6 Å². The lowest BCUT2D eigenvalue weighted by Crippen LogP contribution is -2.45. The molecule has 0 bridgehead atoms. The molecule has 4 amide bonds. The van der Waals surface area contributed by atoms with Crippen LogP contribution in [0.2, 0.25) is 0 Å². The van der Waals surface area contributed by atoms with Gasteiger partial charge in [0.2, 0.25) is 11.9 Å². The molecule has 1 aliphatic carbocycles. The highest BCUT2D eigenvalue weighted by Crippen LogP contribution is 2.27. The second-order valence-corrected chi connectivity index (χ2v) is 13.5. The molecule has 4 N–H and O–H groups in total. The van der Waals surface area contributed by atoms with E-state index >= 15 is 0 Å². The first-order chi connectivity index (χ1) is 19.7. The summed E-state index contributed by atoms with van der Waals surface area (Å²) in [4.78, 5) is 57.9. The lowest BCUT2D eigenvalue weighted by molar-refractivity contribution is 0.0556. The maximum Gasteiger partial charge on any atom is 0.437 e. The molecule has 1 saturated carbocycles. The summed E-state index contributed by atoms with van der Waals surface area (Å²) in [6.45, 7) is 17.5. The summed E-state index contributed by atoms with van der Waals surface area (Å²) in [6.07, 6.45) is 0.837. The molecule has 14 nitrogen and oxygen atoms in total. The van der Waals surface area contributed by atoms with Gasteiger partial charge in [-0.25, -0.2) is 14.4 Å². The minimum Gasteiger partial charge on any atom is -0.444 e. The van der Waals surface area contributed by atoms with E-state index in [0.717, 1.165) is 12.8 Å². The first-order valence-electron chi connectivity index (χ1n) is 14.5. The highest BCUT2D eigenvalue weighted by molar-refractivity contribution is 6.62. The van der Waals surface area contributed by atoms with Crippen LogP contribution < -0.4 is 21.3 Å². The monoisotopic (exact) mass is 631 g/mol. The Balaban J connectivity index is 2.64. The Labute approximate surface area is 260 Å². The van der Waals surface area contributed by atoms with Crippen molar-refractivity contribution in [3.63, 3.8) is 0 Å². The van der Waals surface area contributed by atoms with Gasteiger partial charge >= 0.3 is 23.6 Å². The quantitative estimate of drug-likeness (QED) is 0.0660. The summed E-state index contributed by atoms with van der Waals surface area (Å²) < 4.78 is 15.7. The topological polar surface area (TPSA) is 172 Å². The molecule has 0 unspecified atom stereocenters.